The first kappa shape index (κ1) is 12.4. The molecule has 2 rings (SSSR count). The summed E-state index contributed by atoms with van der Waals surface area (Å²) in [4.78, 5) is 23.4. The Bertz CT molecular complexity index is 337. The lowest BCUT2D eigenvalue weighted by Gasteiger charge is -2.45. The first-order chi connectivity index (χ1) is 7.83. The maximum atomic E-state index is 11.7. The number of amides is 1. The standard InChI is InChI=1S/C13H21NO3/c1-12(2,3)17-11(16)14-9-8-10(15)13(9)6-4-5-7-13/h9H,4-8H2,1-3H3,(H,14,16). The van der Waals surface area contributed by atoms with Crippen LogP contribution >= 0.6 is 0 Å². The molecule has 2 saturated carbocycles. The van der Waals surface area contributed by atoms with E-state index in [1.807, 2.05) is 20.8 Å². The van der Waals surface area contributed by atoms with Crippen LogP contribution in [-0.2, 0) is 9.53 Å². The average molecular weight is 239 g/mol. The van der Waals surface area contributed by atoms with Crippen LogP contribution in [0.1, 0.15) is 52.9 Å². The Labute approximate surface area is 102 Å². The Hall–Kier alpha value is -1.06. The summed E-state index contributed by atoms with van der Waals surface area (Å²) in [6.07, 6.45) is 4.11. The first-order valence-corrected chi connectivity index (χ1v) is 6.36. The average Bonchev–Trinajstić information content (AvgIpc) is 2.65. The number of alkyl carbamates (subject to hydrolysis) is 1. The number of hydrogen-bond donors (Lipinski definition) is 1. The van der Waals surface area contributed by atoms with Crippen molar-refractivity contribution in [1.82, 2.24) is 5.32 Å². The van der Waals surface area contributed by atoms with Crippen LogP contribution in [0.2, 0.25) is 0 Å². The van der Waals surface area contributed by atoms with Crippen LogP contribution in [0.4, 0.5) is 4.79 Å². The molecular weight excluding hydrogens is 218 g/mol. The van der Waals surface area contributed by atoms with Gasteiger partial charge in [-0.05, 0) is 33.6 Å². The van der Waals surface area contributed by atoms with Gasteiger partial charge in [-0.3, -0.25) is 4.79 Å². The van der Waals surface area contributed by atoms with Crippen LogP contribution in [0.25, 0.3) is 0 Å². The van der Waals surface area contributed by atoms with Crippen molar-refractivity contribution in [2.24, 2.45) is 5.41 Å². The fraction of sp³-hybridized carbons (Fsp3) is 0.846. The topological polar surface area (TPSA) is 55.4 Å². The van der Waals surface area contributed by atoms with Crippen LogP contribution < -0.4 is 5.32 Å². The summed E-state index contributed by atoms with van der Waals surface area (Å²) in [6, 6.07) is -0.00708. The molecule has 2 aliphatic carbocycles. The summed E-state index contributed by atoms with van der Waals surface area (Å²) >= 11 is 0. The van der Waals surface area contributed by atoms with Crippen LogP contribution in [0.15, 0.2) is 0 Å². The van der Waals surface area contributed by atoms with Crippen molar-refractivity contribution in [1.29, 1.82) is 0 Å². The smallest absolute Gasteiger partial charge is 0.407 e. The Kier molecular flexibility index (Phi) is 2.92. The molecule has 0 aliphatic heterocycles. The van der Waals surface area contributed by atoms with E-state index in [9.17, 15) is 9.59 Å². The lowest BCUT2D eigenvalue weighted by molar-refractivity contribution is -0.141. The number of carbonyl (C=O) groups is 2. The highest BCUT2D eigenvalue weighted by atomic mass is 16.6. The zero-order valence-electron chi connectivity index (χ0n) is 10.8. The van der Waals surface area contributed by atoms with Gasteiger partial charge in [0.1, 0.15) is 11.4 Å². The van der Waals surface area contributed by atoms with E-state index < -0.39 is 11.7 Å². The van der Waals surface area contributed by atoms with Crippen molar-refractivity contribution in [3.05, 3.63) is 0 Å². The SMILES string of the molecule is CC(C)(C)OC(=O)NC1CC(=O)C12CCCC2. The minimum absolute atomic E-state index is 0.00708. The van der Waals surface area contributed by atoms with E-state index in [1.165, 1.54) is 0 Å². The molecule has 1 unspecified atom stereocenters. The van der Waals surface area contributed by atoms with E-state index >= 15 is 0 Å². The van der Waals surface area contributed by atoms with Gasteiger partial charge in [-0.2, -0.15) is 0 Å². The van der Waals surface area contributed by atoms with E-state index in [1.54, 1.807) is 0 Å². The molecule has 0 bridgehead atoms. The van der Waals surface area contributed by atoms with Crippen molar-refractivity contribution in [3.63, 3.8) is 0 Å². The Morgan fingerprint density at radius 1 is 1.35 bits per heavy atom. The number of hydrogen-bond acceptors (Lipinski definition) is 3. The molecule has 0 aromatic carbocycles. The highest BCUT2D eigenvalue weighted by Crippen LogP contribution is 2.50. The number of Topliss-reactive ketones (excluding diaryl/α,β-unsaturated/α-hetero) is 1. The second kappa shape index (κ2) is 4.00. The van der Waals surface area contributed by atoms with E-state index in [0.717, 1.165) is 25.7 Å². The fourth-order valence-electron chi connectivity index (χ4n) is 2.92. The minimum atomic E-state index is -0.485. The summed E-state index contributed by atoms with van der Waals surface area (Å²) in [5.41, 5.74) is -0.739. The maximum Gasteiger partial charge on any atom is 0.407 e. The lowest BCUT2D eigenvalue weighted by atomic mass is 9.62. The molecule has 0 saturated heterocycles. The van der Waals surface area contributed by atoms with Crippen molar-refractivity contribution in [2.45, 2.75) is 64.5 Å². The molecular formula is C13H21NO3. The molecule has 1 amide bonds. The van der Waals surface area contributed by atoms with Crippen molar-refractivity contribution < 1.29 is 14.3 Å². The number of carbonyl (C=O) groups excluding carboxylic acids is 2. The van der Waals surface area contributed by atoms with Crippen LogP contribution in [-0.4, -0.2) is 23.5 Å². The monoisotopic (exact) mass is 239 g/mol. The lowest BCUT2D eigenvalue weighted by Crippen LogP contribution is -2.61. The zero-order valence-corrected chi connectivity index (χ0v) is 10.8. The van der Waals surface area contributed by atoms with Crippen molar-refractivity contribution in [3.8, 4) is 0 Å². The van der Waals surface area contributed by atoms with Gasteiger partial charge in [0.15, 0.2) is 0 Å². The molecule has 4 heteroatoms. The van der Waals surface area contributed by atoms with Gasteiger partial charge < -0.3 is 10.1 Å². The van der Waals surface area contributed by atoms with Crippen molar-refractivity contribution >= 4 is 11.9 Å². The van der Waals surface area contributed by atoms with Gasteiger partial charge in [0.05, 0.1) is 6.04 Å². The van der Waals surface area contributed by atoms with Crippen LogP contribution in [0.5, 0.6) is 0 Å². The Morgan fingerprint density at radius 2 is 1.94 bits per heavy atom. The van der Waals surface area contributed by atoms with E-state index in [-0.39, 0.29) is 11.5 Å². The summed E-state index contributed by atoms with van der Waals surface area (Å²) < 4.78 is 5.22. The number of nitrogens with one attached hydrogen (secondary N) is 1. The Balaban J connectivity index is 1.92. The molecule has 1 N–H and O–H groups in total. The van der Waals surface area contributed by atoms with Gasteiger partial charge in [0.25, 0.3) is 0 Å². The zero-order chi connectivity index (χ0) is 12.7. The predicted molar refractivity (Wildman–Crippen MR) is 63.7 cm³/mol. The molecule has 0 aromatic heterocycles. The molecule has 4 nitrogen and oxygen atoms in total. The molecule has 0 aromatic rings. The van der Waals surface area contributed by atoms with E-state index in [2.05, 4.69) is 5.32 Å². The molecule has 0 heterocycles. The summed E-state index contributed by atoms with van der Waals surface area (Å²) in [5, 5.41) is 2.85. The number of ether oxygens (including phenoxy) is 1. The molecule has 1 atom stereocenters. The number of ketones is 1. The van der Waals surface area contributed by atoms with Crippen molar-refractivity contribution in [2.75, 3.05) is 0 Å². The van der Waals surface area contributed by atoms with Gasteiger partial charge in [-0.25, -0.2) is 4.79 Å². The fourth-order valence-corrected chi connectivity index (χ4v) is 2.92. The third-order valence-electron chi connectivity index (χ3n) is 3.80. The summed E-state index contributed by atoms with van der Waals surface area (Å²) in [5.74, 6) is 0.316. The van der Waals surface area contributed by atoms with Crippen LogP contribution in [0.3, 0.4) is 0 Å². The third kappa shape index (κ3) is 2.31. The predicted octanol–water partition coefficient (Wildman–Crippen LogP) is 2.41. The normalized spacial score (nSPS) is 26.8. The quantitative estimate of drug-likeness (QED) is 0.764. The summed E-state index contributed by atoms with van der Waals surface area (Å²) in [6.45, 7) is 5.51. The second-order valence-corrected chi connectivity index (χ2v) is 6.19. The largest absolute Gasteiger partial charge is 0.444 e. The minimum Gasteiger partial charge on any atom is -0.444 e. The molecule has 2 aliphatic rings. The van der Waals surface area contributed by atoms with Crippen LogP contribution in [0, 0.1) is 5.41 Å². The third-order valence-corrected chi connectivity index (χ3v) is 3.80. The highest BCUT2D eigenvalue weighted by molar-refractivity contribution is 5.94. The number of rotatable bonds is 1. The first-order valence-electron chi connectivity index (χ1n) is 6.36. The van der Waals surface area contributed by atoms with Gasteiger partial charge >= 0.3 is 6.09 Å². The highest BCUT2D eigenvalue weighted by Gasteiger charge is 2.56. The van der Waals surface area contributed by atoms with Gasteiger partial charge in [0, 0.05) is 11.8 Å². The summed E-state index contributed by atoms with van der Waals surface area (Å²) in [7, 11) is 0. The van der Waals surface area contributed by atoms with E-state index in [0.29, 0.717) is 12.2 Å². The second-order valence-electron chi connectivity index (χ2n) is 6.19. The molecule has 2 fully saturated rings. The molecule has 17 heavy (non-hydrogen) atoms. The van der Waals surface area contributed by atoms with Gasteiger partial charge in [0.2, 0.25) is 0 Å². The molecule has 1 spiro atoms. The van der Waals surface area contributed by atoms with Gasteiger partial charge in [-0.1, -0.05) is 12.8 Å². The molecule has 96 valence electrons. The van der Waals surface area contributed by atoms with Gasteiger partial charge in [-0.15, -0.1) is 0 Å². The van der Waals surface area contributed by atoms with E-state index in [4.69, 9.17) is 4.74 Å². The molecule has 0 radical (unpaired) electrons. The maximum absolute atomic E-state index is 11.7. The Morgan fingerprint density at radius 3 is 2.41 bits per heavy atom.